The molecular formula is C15H18N6O4. The van der Waals surface area contributed by atoms with E-state index in [2.05, 4.69) is 15.0 Å². The number of ether oxygens (including phenoxy) is 1. The molecule has 10 heteroatoms. The number of hydrogen-bond acceptors (Lipinski definition) is 7. The van der Waals surface area contributed by atoms with E-state index in [0.717, 1.165) is 0 Å². The monoisotopic (exact) mass is 346 g/mol. The molecule has 0 atom stereocenters. The lowest BCUT2D eigenvalue weighted by atomic mass is 10.2. The SMILES string of the molecule is COc1ccnc(N2CCN(C(=O)c3cn(C)c(=O)[nH]c3=O)CC2)n1. The Hall–Kier alpha value is -3.17. The van der Waals surface area contributed by atoms with Gasteiger partial charge in [-0.05, 0) is 0 Å². The average Bonchev–Trinajstić information content (AvgIpc) is 2.64. The van der Waals surface area contributed by atoms with Gasteiger partial charge < -0.3 is 19.1 Å². The Morgan fingerprint density at radius 1 is 1.24 bits per heavy atom. The Bertz CT molecular complexity index is 897. The van der Waals surface area contributed by atoms with Crippen LogP contribution in [0.4, 0.5) is 5.95 Å². The minimum absolute atomic E-state index is 0.0480. The lowest BCUT2D eigenvalue weighted by Gasteiger charge is -2.34. The molecule has 0 aromatic carbocycles. The van der Waals surface area contributed by atoms with Crippen LogP contribution in [-0.4, -0.2) is 63.6 Å². The fraction of sp³-hybridized carbons (Fsp3) is 0.400. The summed E-state index contributed by atoms with van der Waals surface area (Å²) < 4.78 is 6.26. The molecule has 2 aromatic rings. The predicted octanol–water partition coefficient (Wildman–Crippen LogP) is -1.17. The maximum atomic E-state index is 12.5. The summed E-state index contributed by atoms with van der Waals surface area (Å²) in [5.41, 5.74) is -1.28. The van der Waals surface area contributed by atoms with Gasteiger partial charge in [-0.2, -0.15) is 4.98 Å². The van der Waals surface area contributed by atoms with Crippen LogP contribution in [0.1, 0.15) is 10.4 Å². The van der Waals surface area contributed by atoms with Crippen LogP contribution in [0.2, 0.25) is 0 Å². The van der Waals surface area contributed by atoms with Gasteiger partial charge in [0.25, 0.3) is 11.5 Å². The van der Waals surface area contributed by atoms with Gasteiger partial charge in [0.15, 0.2) is 0 Å². The number of aromatic amines is 1. The van der Waals surface area contributed by atoms with Gasteiger partial charge in [-0.15, -0.1) is 0 Å². The number of H-pyrrole nitrogens is 1. The van der Waals surface area contributed by atoms with Crippen molar-refractivity contribution >= 4 is 11.9 Å². The van der Waals surface area contributed by atoms with Crippen LogP contribution in [-0.2, 0) is 7.05 Å². The van der Waals surface area contributed by atoms with Gasteiger partial charge in [-0.25, -0.2) is 9.78 Å². The zero-order chi connectivity index (χ0) is 18.0. The lowest BCUT2D eigenvalue weighted by Crippen LogP contribution is -2.50. The van der Waals surface area contributed by atoms with Gasteiger partial charge in [-0.3, -0.25) is 14.6 Å². The molecule has 1 aliphatic heterocycles. The third-order valence-electron chi connectivity index (χ3n) is 4.01. The number of nitrogens with one attached hydrogen (secondary N) is 1. The maximum absolute atomic E-state index is 12.5. The molecule has 10 nitrogen and oxygen atoms in total. The van der Waals surface area contributed by atoms with E-state index in [4.69, 9.17) is 4.74 Å². The largest absolute Gasteiger partial charge is 0.481 e. The molecule has 3 rings (SSSR count). The normalized spacial score (nSPS) is 14.5. The van der Waals surface area contributed by atoms with Gasteiger partial charge in [0, 0.05) is 51.7 Å². The first-order chi connectivity index (χ1) is 12.0. The molecule has 2 aromatic heterocycles. The van der Waals surface area contributed by atoms with E-state index in [1.165, 1.54) is 24.9 Å². The van der Waals surface area contributed by atoms with Gasteiger partial charge in [0.2, 0.25) is 11.8 Å². The molecule has 0 spiro atoms. The Labute approximate surface area is 142 Å². The fourth-order valence-electron chi connectivity index (χ4n) is 2.59. The number of amides is 1. The molecule has 1 saturated heterocycles. The van der Waals surface area contributed by atoms with Crippen LogP contribution >= 0.6 is 0 Å². The Morgan fingerprint density at radius 2 is 1.96 bits per heavy atom. The minimum atomic E-state index is -0.674. The van der Waals surface area contributed by atoms with Crippen LogP contribution in [0.25, 0.3) is 0 Å². The van der Waals surface area contributed by atoms with Crippen LogP contribution in [0.5, 0.6) is 5.88 Å². The summed E-state index contributed by atoms with van der Waals surface area (Å²) in [6, 6.07) is 1.66. The van der Waals surface area contributed by atoms with Crippen molar-refractivity contribution < 1.29 is 9.53 Å². The molecule has 132 valence electrons. The summed E-state index contributed by atoms with van der Waals surface area (Å²) in [5, 5.41) is 0. The first-order valence-corrected chi connectivity index (χ1v) is 7.71. The molecule has 1 aliphatic rings. The third kappa shape index (κ3) is 3.37. The summed E-state index contributed by atoms with van der Waals surface area (Å²) in [6.07, 6.45) is 2.88. The molecule has 0 aliphatic carbocycles. The molecule has 1 amide bonds. The zero-order valence-electron chi connectivity index (χ0n) is 13.9. The van der Waals surface area contributed by atoms with Crippen molar-refractivity contribution in [3.8, 4) is 5.88 Å². The first-order valence-electron chi connectivity index (χ1n) is 7.71. The zero-order valence-corrected chi connectivity index (χ0v) is 13.9. The van der Waals surface area contributed by atoms with E-state index in [1.807, 2.05) is 4.90 Å². The van der Waals surface area contributed by atoms with E-state index in [0.29, 0.717) is 38.0 Å². The molecule has 1 N–H and O–H groups in total. The van der Waals surface area contributed by atoms with Crippen molar-refractivity contribution in [1.82, 2.24) is 24.4 Å². The van der Waals surface area contributed by atoms with Crippen molar-refractivity contribution in [2.45, 2.75) is 0 Å². The van der Waals surface area contributed by atoms with E-state index in [9.17, 15) is 14.4 Å². The molecule has 1 fully saturated rings. The Morgan fingerprint density at radius 3 is 2.64 bits per heavy atom. The second-order valence-corrected chi connectivity index (χ2v) is 5.59. The summed E-state index contributed by atoms with van der Waals surface area (Å²) in [4.78, 5) is 50.0. The molecular weight excluding hydrogens is 328 g/mol. The van der Waals surface area contributed by atoms with E-state index in [-0.39, 0.29) is 5.56 Å². The average molecular weight is 346 g/mol. The fourth-order valence-corrected chi connectivity index (χ4v) is 2.59. The van der Waals surface area contributed by atoms with E-state index >= 15 is 0 Å². The highest BCUT2D eigenvalue weighted by Gasteiger charge is 2.25. The van der Waals surface area contributed by atoms with Gasteiger partial charge in [0.1, 0.15) is 5.56 Å². The Kier molecular flexibility index (Phi) is 4.50. The van der Waals surface area contributed by atoms with Crippen LogP contribution < -0.4 is 20.9 Å². The lowest BCUT2D eigenvalue weighted by molar-refractivity contribution is 0.0743. The topological polar surface area (TPSA) is 113 Å². The number of nitrogens with zero attached hydrogens (tertiary/aromatic N) is 5. The van der Waals surface area contributed by atoms with Crippen molar-refractivity contribution in [3.05, 3.63) is 44.9 Å². The van der Waals surface area contributed by atoms with Crippen LogP contribution in [0, 0.1) is 0 Å². The van der Waals surface area contributed by atoms with Crippen LogP contribution in [0.15, 0.2) is 28.0 Å². The molecule has 0 bridgehead atoms. The first kappa shape index (κ1) is 16.7. The van der Waals surface area contributed by atoms with Gasteiger partial charge >= 0.3 is 5.69 Å². The molecule has 25 heavy (non-hydrogen) atoms. The summed E-state index contributed by atoms with van der Waals surface area (Å²) in [5.74, 6) is 0.606. The minimum Gasteiger partial charge on any atom is -0.481 e. The highest BCUT2D eigenvalue weighted by atomic mass is 16.5. The second kappa shape index (κ2) is 6.75. The van der Waals surface area contributed by atoms with Crippen molar-refractivity contribution in [2.24, 2.45) is 7.05 Å². The van der Waals surface area contributed by atoms with Crippen molar-refractivity contribution in [1.29, 1.82) is 0 Å². The third-order valence-corrected chi connectivity index (χ3v) is 4.01. The van der Waals surface area contributed by atoms with E-state index < -0.39 is 17.2 Å². The second-order valence-electron chi connectivity index (χ2n) is 5.59. The number of rotatable bonds is 3. The Balaban J connectivity index is 1.72. The number of carbonyl (C=O) groups is 1. The molecule has 0 saturated carbocycles. The van der Waals surface area contributed by atoms with Gasteiger partial charge in [-0.1, -0.05) is 0 Å². The number of anilines is 1. The number of hydrogen-bond donors (Lipinski definition) is 1. The number of piperazine rings is 1. The number of methoxy groups -OCH3 is 1. The summed E-state index contributed by atoms with van der Waals surface area (Å²) in [6.45, 7) is 1.90. The smallest absolute Gasteiger partial charge is 0.328 e. The summed E-state index contributed by atoms with van der Waals surface area (Å²) >= 11 is 0. The van der Waals surface area contributed by atoms with Gasteiger partial charge in [0.05, 0.1) is 7.11 Å². The maximum Gasteiger partial charge on any atom is 0.328 e. The quantitative estimate of drug-likeness (QED) is 0.745. The highest BCUT2D eigenvalue weighted by molar-refractivity contribution is 5.93. The van der Waals surface area contributed by atoms with Crippen molar-refractivity contribution in [2.75, 3.05) is 38.2 Å². The summed E-state index contributed by atoms with van der Waals surface area (Å²) in [7, 11) is 3.01. The molecule has 0 radical (unpaired) electrons. The molecule has 3 heterocycles. The highest BCUT2D eigenvalue weighted by Crippen LogP contribution is 2.15. The standard InChI is InChI=1S/C15H18N6O4/c1-19-9-10(12(22)18-15(19)24)13(23)20-5-7-21(8-6-20)14-16-4-3-11(17-14)25-2/h3-4,9H,5-8H2,1-2H3,(H,18,22,24). The number of aryl methyl sites for hydroxylation is 1. The van der Waals surface area contributed by atoms with Crippen LogP contribution in [0.3, 0.4) is 0 Å². The predicted molar refractivity (Wildman–Crippen MR) is 89.0 cm³/mol. The molecule has 0 unspecified atom stereocenters. The van der Waals surface area contributed by atoms with E-state index in [1.54, 1.807) is 17.2 Å². The number of aromatic nitrogens is 4. The van der Waals surface area contributed by atoms with Crippen molar-refractivity contribution in [3.63, 3.8) is 0 Å². The number of carbonyl (C=O) groups excluding carboxylic acids is 1.